The fourth-order valence-electron chi connectivity index (χ4n) is 2.64. The summed E-state index contributed by atoms with van der Waals surface area (Å²) in [5.41, 5.74) is 0.577. The van der Waals surface area contributed by atoms with Crippen molar-refractivity contribution in [3.8, 4) is 0 Å². The van der Waals surface area contributed by atoms with Gasteiger partial charge in [-0.1, -0.05) is 20.8 Å². The molecule has 0 heterocycles. The highest BCUT2D eigenvalue weighted by molar-refractivity contribution is 4.94. The van der Waals surface area contributed by atoms with Gasteiger partial charge >= 0.3 is 0 Å². The topological polar surface area (TPSA) is 0 Å². The number of rotatable bonds is 0. The Hall–Kier alpha value is 0. The van der Waals surface area contributed by atoms with Gasteiger partial charge in [0.15, 0.2) is 0 Å². The molecular formula is C11H20. The minimum Gasteiger partial charge on any atom is -0.0599 e. The third-order valence-corrected chi connectivity index (χ3v) is 3.77. The maximum Gasteiger partial charge on any atom is -0.0354 e. The number of hydrogen-bond donors (Lipinski definition) is 0. The van der Waals surface area contributed by atoms with Gasteiger partial charge in [-0.05, 0) is 48.9 Å². The van der Waals surface area contributed by atoms with Crippen molar-refractivity contribution in [3.63, 3.8) is 0 Å². The lowest BCUT2D eigenvalue weighted by Gasteiger charge is -2.33. The van der Waals surface area contributed by atoms with Crippen molar-refractivity contribution in [3.05, 3.63) is 0 Å². The van der Waals surface area contributed by atoms with Crippen molar-refractivity contribution in [2.75, 3.05) is 0 Å². The van der Waals surface area contributed by atoms with Gasteiger partial charge < -0.3 is 0 Å². The smallest absolute Gasteiger partial charge is 0.0354 e. The van der Waals surface area contributed by atoms with E-state index in [1.807, 2.05) is 0 Å². The normalized spacial score (nSPS) is 43.4. The first-order valence-corrected chi connectivity index (χ1v) is 5.07. The SMILES string of the molecule is CC(C)(C)C1CCC2CC2C1. The van der Waals surface area contributed by atoms with E-state index in [4.69, 9.17) is 0 Å². The second-order valence-corrected chi connectivity index (χ2v) is 5.63. The van der Waals surface area contributed by atoms with E-state index < -0.39 is 0 Å². The molecule has 0 saturated heterocycles. The van der Waals surface area contributed by atoms with Crippen molar-refractivity contribution in [2.45, 2.75) is 46.5 Å². The zero-order chi connectivity index (χ0) is 8.06. The highest BCUT2D eigenvalue weighted by atomic mass is 14.5. The third kappa shape index (κ3) is 1.45. The van der Waals surface area contributed by atoms with Gasteiger partial charge in [0.05, 0.1) is 0 Å². The zero-order valence-electron chi connectivity index (χ0n) is 8.06. The molecule has 3 atom stereocenters. The summed E-state index contributed by atoms with van der Waals surface area (Å²) in [7, 11) is 0. The van der Waals surface area contributed by atoms with Crippen LogP contribution in [0.15, 0.2) is 0 Å². The molecule has 0 aliphatic heterocycles. The number of fused-ring (bicyclic) bond motifs is 1. The van der Waals surface area contributed by atoms with Crippen LogP contribution in [0.25, 0.3) is 0 Å². The summed E-state index contributed by atoms with van der Waals surface area (Å²) >= 11 is 0. The minimum absolute atomic E-state index is 0.577. The Morgan fingerprint density at radius 2 is 1.64 bits per heavy atom. The summed E-state index contributed by atoms with van der Waals surface area (Å²) in [6, 6.07) is 0. The van der Waals surface area contributed by atoms with Gasteiger partial charge in [-0.2, -0.15) is 0 Å². The van der Waals surface area contributed by atoms with Gasteiger partial charge in [0, 0.05) is 0 Å². The average molecular weight is 152 g/mol. The molecule has 0 heteroatoms. The quantitative estimate of drug-likeness (QED) is 0.498. The molecule has 0 aromatic rings. The van der Waals surface area contributed by atoms with Crippen LogP contribution in [0.2, 0.25) is 0 Å². The second kappa shape index (κ2) is 2.24. The molecule has 3 unspecified atom stereocenters. The first kappa shape index (κ1) is 7.64. The lowest BCUT2D eigenvalue weighted by atomic mass is 9.72. The molecule has 11 heavy (non-hydrogen) atoms. The summed E-state index contributed by atoms with van der Waals surface area (Å²) < 4.78 is 0. The monoisotopic (exact) mass is 152 g/mol. The van der Waals surface area contributed by atoms with Gasteiger partial charge in [-0.3, -0.25) is 0 Å². The van der Waals surface area contributed by atoms with Crippen LogP contribution in [0.1, 0.15) is 46.5 Å². The Bertz CT molecular complexity index is 152. The Kier molecular flexibility index (Phi) is 1.56. The zero-order valence-corrected chi connectivity index (χ0v) is 8.06. The molecule has 2 aliphatic rings. The predicted octanol–water partition coefficient (Wildman–Crippen LogP) is 3.47. The van der Waals surface area contributed by atoms with E-state index in [-0.39, 0.29) is 0 Å². The molecule has 64 valence electrons. The molecule has 2 fully saturated rings. The lowest BCUT2D eigenvalue weighted by Crippen LogP contribution is -2.23. The fourth-order valence-corrected chi connectivity index (χ4v) is 2.64. The van der Waals surface area contributed by atoms with E-state index >= 15 is 0 Å². The van der Waals surface area contributed by atoms with Crippen molar-refractivity contribution in [1.29, 1.82) is 0 Å². The molecular weight excluding hydrogens is 132 g/mol. The molecule has 0 bridgehead atoms. The van der Waals surface area contributed by atoms with Gasteiger partial charge in [0.1, 0.15) is 0 Å². The predicted molar refractivity (Wildman–Crippen MR) is 48.4 cm³/mol. The largest absolute Gasteiger partial charge is 0.0599 e. The highest BCUT2D eigenvalue weighted by Gasteiger charge is 2.44. The minimum atomic E-state index is 0.577. The Morgan fingerprint density at radius 3 is 2.18 bits per heavy atom. The second-order valence-electron chi connectivity index (χ2n) is 5.63. The van der Waals surface area contributed by atoms with Crippen LogP contribution in [0, 0.1) is 23.2 Å². The molecule has 0 amide bonds. The fraction of sp³-hybridized carbons (Fsp3) is 1.00. The molecule has 0 radical (unpaired) electrons. The molecule has 0 aromatic carbocycles. The van der Waals surface area contributed by atoms with E-state index in [1.165, 1.54) is 19.3 Å². The summed E-state index contributed by atoms with van der Waals surface area (Å²) in [5.74, 6) is 3.33. The lowest BCUT2D eigenvalue weighted by molar-refractivity contribution is 0.173. The standard InChI is InChI=1S/C11H20/c1-11(2,3)10-5-4-8-6-9(8)7-10/h8-10H,4-7H2,1-3H3. The van der Waals surface area contributed by atoms with Crippen molar-refractivity contribution >= 4 is 0 Å². The molecule has 0 N–H and O–H groups in total. The van der Waals surface area contributed by atoms with Crippen LogP contribution in [0.5, 0.6) is 0 Å². The van der Waals surface area contributed by atoms with E-state index in [0.717, 1.165) is 17.8 Å². The van der Waals surface area contributed by atoms with Gasteiger partial charge in [0.2, 0.25) is 0 Å². The molecule has 2 saturated carbocycles. The molecule has 0 nitrogen and oxygen atoms in total. The van der Waals surface area contributed by atoms with E-state index in [9.17, 15) is 0 Å². The van der Waals surface area contributed by atoms with Gasteiger partial charge in [-0.15, -0.1) is 0 Å². The van der Waals surface area contributed by atoms with Gasteiger partial charge in [0.25, 0.3) is 0 Å². The van der Waals surface area contributed by atoms with Gasteiger partial charge in [-0.25, -0.2) is 0 Å². The van der Waals surface area contributed by atoms with E-state index in [1.54, 1.807) is 6.42 Å². The Labute approximate surface area is 70.4 Å². The van der Waals surface area contributed by atoms with Crippen molar-refractivity contribution < 1.29 is 0 Å². The maximum absolute atomic E-state index is 2.40. The maximum atomic E-state index is 2.40. The van der Waals surface area contributed by atoms with Crippen LogP contribution in [-0.2, 0) is 0 Å². The van der Waals surface area contributed by atoms with Crippen LogP contribution >= 0.6 is 0 Å². The molecule has 0 aromatic heterocycles. The summed E-state index contributed by atoms with van der Waals surface area (Å²) in [5, 5.41) is 0. The van der Waals surface area contributed by atoms with Crippen LogP contribution in [0.3, 0.4) is 0 Å². The number of hydrogen-bond acceptors (Lipinski definition) is 0. The highest BCUT2D eigenvalue weighted by Crippen LogP contribution is 2.54. The van der Waals surface area contributed by atoms with Crippen molar-refractivity contribution in [2.24, 2.45) is 23.2 Å². The molecule has 0 spiro atoms. The summed E-state index contributed by atoms with van der Waals surface area (Å²) in [6.45, 7) is 7.21. The first-order chi connectivity index (χ1) is 5.07. The van der Waals surface area contributed by atoms with E-state index in [2.05, 4.69) is 20.8 Å². The van der Waals surface area contributed by atoms with Crippen LogP contribution in [0.4, 0.5) is 0 Å². The first-order valence-electron chi connectivity index (χ1n) is 5.07. The average Bonchev–Trinajstić information content (AvgIpc) is 2.60. The summed E-state index contributed by atoms with van der Waals surface area (Å²) in [6.07, 6.45) is 6.14. The Balaban J connectivity index is 1.95. The van der Waals surface area contributed by atoms with E-state index in [0.29, 0.717) is 5.41 Å². The summed E-state index contributed by atoms with van der Waals surface area (Å²) in [4.78, 5) is 0. The molecule has 2 aliphatic carbocycles. The third-order valence-electron chi connectivity index (χ3n) is 3.77. The van der Waals surface area contributed by atoms with Crippen molar-refractivity contribution in [1.82, 2.24) is 0 Å². The Morgan fingerprint density at radius 1 is 0.909 bits per heavy atom. The molecule has 2 rings (SSSR count). The van der Waals surface area contributed by atoms with Crippen LogP contribution < -0.4 is 0 Å². The van der Waals surface area contributed by atoms with Crippen LogP contribution in [-0.4, -0.2) is 0 Å².